The SMILES string of the molecule is CCCCCCCCCCCCCCCCCCCCCC(=O)N[C@@H](CO[C@@H]1O[C@H](CO[C@@H]2O[C@H](COP(=O)(O)OCC[N+](C)(C)C)[C@H](O)[C@H](O)[C@H]2O)[C@H](O)[C@H](O)[C@H]1O)[C@H](O)/C=C/CCCCCCCCCCCC(C)C. The Balaban J connectivity index is 1.90. The second kappa shape index (κ2) is 42.6. The lowest BCUT2D eigenvalue weighted by Crippen LogP contribution is -2.62. The molecule has 2 aliphatic rings. The molecule has 0 spiro atoms. The summed E-state index contributed by atoms with van der Waals surface area (Å²) in [7, 11) is 0.994. The highest BCUT2D eigenvalue weighted by Gasteiger charge is 2.48. The van der Waals surface area contributed by atoms with E-state index in [-0.39, 0.29) is 25.5 Å². The second-order valence-electron chi connectivity index (χ2n) is 23.7. The zero-order chi connectivity index (χ0) is 56.9. The van der Waals surface area contributed by atoms with Crippen LogP contribution in [0.1, 0.15) is 220 Å². The molecule has 0 saturated carbocycles. The standard InChI is InChI=1S/C58H113N2O16P/c1-7-8-9-10-11-12-13-14-15-16-17-18-19-20-24-27-30-33-36-39-50(62)59-46(47(61)38-35-32-29-26-23-21-22-25-28-31-34-37-45(2)3)42-71-57-55(67)53(65)51(63)48(75-57)43-72-58-56(68)54(66)52(64)49(76-58)44-74-77(69,70)73-41-40-60(4,5)6/h35,38,45-49,51-58,61,63-68H,7-34,36-37,39-44H2,1-6H3,(H-,59,62,69,70)/p+1/b38-35+/t46-,47+,48+,49+,51-,52-,53-,54-,55+,56+,57+,58+/m0/s1. The first-order valence-electron chi connectivity index (χ1n) is 30.4. The molecule has 18 nitrogen and oxygen atoms in total. The third kappa shape index (κ3) is 34.1. The summed E-state index contributed by atoms with van der Waals surface area (Å²) in [5, 5.41) is 78.9. The van der Waals surface area contributed by atoms with E-state index in [2.05, 4.69) is 26.1 Å². The van der Waals surface area contributed by atoms with E-state index >= 15 is 0 Å². The number of carbonyl (C=O) groups excluding carboxylic acids is 1. The first-order chi connectivity index (χ1) is 36.8. The zero-order valence-electron chi connectivity index (χ0n) is 48.9. The lowest BCUT2D eigenvalue weighted by Gasteiger charge is -2.43. The number of rotatable bonds is 48. The highest BCUT2D eigenvalue weighted by molar-refractivity contribution is 7.47. The Kier molecular flexibility index (Phi) is 39.8. The number of aliphatic hydroxyl groups excluding tert-OH is 7. The summed E-state index contributed by atoms with van der Waals surface area (Å²) < 4.78 is 46.0. The number of unbranched alkanes of at least 4 members (excludes halogenated alkanes) is 27. The van der Waals surface area contributed by atoms with Crippen molar-refractivity contribution in [1.82, 2.24) is 5.32 Å². The van der Waals surface area contributed by atoms with Crippen LogP contribution in [0.3, 0.4) is 0 Å². The second-order valence-corrected chi connectivity index (χ2v) is 25.1. The monoisotopic (exact) mass is 1130 g/mol. The fraction of sp³-hybridized carbons (Fsp3) is 0.948. The van der Waals surface area contributed by atoms with Gasteiger partial charge in [0, 0.05) is 6.42 Å². The maximum Gasteiger partial charge on any atom is 0.472 e. The molecule has 19 heteroatoms. The Labute approximate surface area is 465 Å². The molecule has 0 radical (unpaired) electrons. The normalized spacial score (nSPS) is 25.9. The summed E-state index contributed by atoms with van der Waals surface area (Å²) in [5.74, 6) is 0.504. The Bertz CT molecular complexity index is 1530. The molecule has 0 aromatic carbocycles. The minimum Gasteiger partial charge on any atom is -0.387 e. The molecule has 1 amide bonds. The fourth-order valence-electron chi connectivity index (χ4n) is 9.70. The van der Waals surface area contributed by atoms with Gasteiger partial charge in [0.25, 0.3) is 0 Å². The van der Waals surface area contributed by atoms with Crippen molar-refractivity contribution < 1.29 is 82.5 Å². The van der Waals surface area contributed by atoms with Crippen LogP contribution in [0.15, 0.2) is 12.2 Å². The number of allylic oxidation sites excluding steroid dienone is 1. The van der Waals surface area contributed by atoms with Gasteiger partial charge in [0.2, 0.25) is 5.91 Å². The van der Waals surface area contributed by atoms with Crippen LogP contribution in [0.25, 0.3) is 0 Å². The molecule has 1 unspecified atom stereocenters. The van der Waals surface area contributed by atoms with Crippen molar-refractivity contribution in [3.05, 3.63) is 12.2 Å². The van der Waals surface area contributed by atoms with Gasteiger partial charge in [0.15, 0.2) is 12.6 Å². The Hall–Kier alpha value is -1.16. The lowest BCUT2D eigenvalue weighted by molar-refractivity contribution is -0.870. The number of phosphoric acid groups is 1. The van der Waals surface area contributed by atoms with Gasteiger partial charge >= 0.3 is 7.82 Å². The number of nitrogens with zero attached hydrogens (tertiary/aromatic N) is 1. The van der Waals surface area contributed by atoms with Crippen LogP contribution >= 0.6 is 7.82 Å². The van der Waals surface area contributed by atoms with Crippen LogP contribution in [-0.4, -0.2) is 179 Å². The van der Waals surface area contributed by atoms with Crippen LogP contribution in [0.4, 0.5) is 0 Å². The topological polar surface area (TPSA) is 263 Å². The van der Waals surface area contributed by atoms with Crippen molar-refractivity contribution in [2.75, 3.05) is 54.1 Å². The largest absolute Gasteiger partial charge is 0.472 e. The van der Waals surface area contributed by atoms with Gasteiger partial charge in [-0.2, -0.15) is 0 Å². The summed E-state index contributed by atoms with van der Waals surface area (Å²) >= 11 is 0. The quantitative estimate of drug-likeness (QED) is 0.0119. The van der Waals surface area contributed by atoms with Crippen LogP contribution in [-0.2, 0) is 37.4 Å². The molecule has 0 aromatic rings. The maximum absolute atomic E-state index is 13.3. The molecule has 13 atom stereocenters. The van der Waals surface area contributed by atoms with Crippen molar-refractivity contribution >= 4 is 13.7 Å². The molecule has 456 valence electrons. The molecule has 2 aliphatic heterocycles. The summed E-state index contributed by atoms with van der Waals surface area (Å²) in [6.07, 6.45) is 22.5. The number of aliphatic hydroxyl groups is 7. The van der Waals surface area contributed by atoms with Gasteiger partial charge in [-0.25, -0.2) is 4.57 Å². The van der Waals surface area contributed by atoms with Gasteiger partial charge < -0.3 is 69.4 Å². The molecule has 77 heavy (non-hydrogen) atoms. The van der Waals surface area contributed by atoms with E-state index in [1.807, 2.05) is 27.2 Å². The number of ether oxygens (including phenoxy) is 4. The number of likely N-dealkylation sites (N-methyl/N-ethyl adjacent to an activating group) is 1. The molecular formula is C58H114N2O16P+. The average Bonchev–Trinajstić information content (AvgIpc) is 3.37. The zero-order valence-corrected chi connectivity index (χ0v) is 49.7. The van der Waals surface area contributed by atoms with E-state index in [1.54, 1.807) is 6.08 Å². The molecule has 0 bridgehead atoms. The molecule has 2 saturated heterocycles. The highest BCUT2D eigenvalue weighted by atomic mass is 31.2. The summed E-state index contributed by atoms with van der Waals surface area (Å²) in [5.41, 5.74) is 0. The number of phosphoric ester groups is 1. The van der Waals surface area contributed by atoms with Crippen molar-refractivity contribution in [1.29, 1.82) is 0 Å². The molecule has 0 aromatic heterocycles. The number of nitrogens with one attached hydrogen (secondary N) is 1. The third-order valence-corrected chi connectivity index (χ3v) is 15.9. The molecule has 9 N–H and O–H groups in total. The van der Waals surface area contributed by atoms with Gasteiger partial charge in [-0.3, -0.25) is 13.8 Å². The predicted octanol–water partition coefficient (Wildman–Crippen LogP) is 8.65. The first-order valence-corrected chi connectivity index (χ1v) is 31.9. The molecule has 2 heterocycles. The number of hydrogen-bond donors (Lipinski definition) is 9. The van der Waals surface area contributed by atoms with E-state index in [9.17, 15) is 50.0 Å². The van der Waals surface area contributed by atoms with Crippen LogP contribution in [0.2, 0.25) is 0 Å². The smallest absolute Gasteiger partial charge is 0.387 e. The van der Waals surface area contributed by atoms with Crippen molar-refractivity contribution in [2.45, 2.75) is 293 Å². The van der Waals surface area contributed by atoms with Gasteiger partial charge in [0.05, 0.1) is 53.1 Å². The number of quaternary nitrogens is 1. The highest BCUT2D eigenvalue weighted by Crippen LogP contribution is 2.44. The van der Waals surface area contributed by atoms with Crippen molar-refractivity contribution in [3.8, 4) is 0 Å². The minimum absolute atomic E-state index is 0.112. The Morgan fingerprint density at radius 3 is 1.48 bits per heavy atom. The van der Waals surface area contributed by atoms with E-state index in [4.69, 9.17) is 28.0 Å². The molecule has 0 aliphatic carbocycles. The number of amides is 1. The van der Waals surface area contributed by atoms with Crippen molar-refractivity contribution in [2.24, 2.45) is 5.92 Å². The van der Waals surface area contributed by atoms with E-state index < -0.39 is 94.6 Å². The Morgan fingerprint density at radius 2 is 1.01 bits per heavy atom. The molecular weight excluding hydrogens is 1010 g/mol. The van der Waals surface area contributed by atoms with Gasteiger partial charge in [-0.1, -0.05) is 206 Å². The third-order valence-electron chi connectivity index (χ3n) is 14.9. The lowest BCUT2D eigenvalue weighted by atomic mass is 9.98. The summed E-state index contributed by atoms with van der Waals surface area (Å²) in [6, 6.07) is -0.954. The van der Waals surface area contributed by atoms with Crippen LogP contribution in [0.5, 0.6) is 0 Å². The maximum atomic E-state index is 13.3. The van der Waals surface area contributed by atoms with Gasteiger partial charge in [0.1, 0.15) is 62.0 Å². The molecule has 2 rings (SSSR count). The summed E-state index contributed by atoms with van der Waals surface area (Å²) in [6.45, 7) is 5.42. The van der Waals surface area contributed by atoms with E-state index in [0.717, 1.165) is 50.9 Å². The Morgan fingerprint density at radius 1 is 0.584 bits per heavy atom. The predicted molar refractivity (Wildman–Crippen MR) is 301 cm³/mol. The summed E-state index contributed by atoms with van der Waals surface area (Å²) in [4.78, 5) is 23.5. The minimum atomic E-state index is -4.61. The van der Waals surface area contributed by atoms with Crippen LogP contribution < -0.4 is 5.32 Å². The van der Waals surface area contributed by atoms with Crippen LogP contribution in [0, 0.1) is 5.92 Å². The van der Waals surface area contributed by atoms with E-state index in [0.29, 0.717) is 17.4 Å². The average molecular weight is 1130 g/mol. The molecule has 2 fully saturated rings. The first kappa shape index (κ1) is 71.9. The van der Waals surface area contributed by atoms with Gasteiger partial charge in [-0.05, 0) is 25.2 Å². The fourth-order valence-corrected chi connectivity index (χ4v) is 10.4. The van der Waals surface area contributed by atoms with Crippen molar-refractivity contribution in [3.63, 3.8) is 0 Å². The van der Waals surface area contributed by atoms with E-state index in [1.165, 1.54) is 141 Å². The number of hydrogen-bond acceptors (Lipinski definition) is 15. The van der Waals surface area contributed by atoms with Gasteiger partial charge in [-0.15, -0.1) is 0 Å². The number of carbonyl (C=O) groups is 1.